The van der Waals surface area contributed by atoms with Gasteiger partial charge in [-0.05, 0) is 29.2 Å². The number of hydrogen-bond acceptors (Lipinski definition) is 1. The lowest BCUT2D eigenvalue weighted by molar-refractivity contribution is 0.586. The van der Waals surface area contributed by atoms with Gasteiger partial charge in [0, 0.05) is 11.6 Å². The average molecular weight is 203 g/mol. The fraction of sp³-hybridized carbons (Fsp3) is 0.308. The van der Waals surface area contributed by atoms with Crippen molar-refractivity contribution in [1.82, 2.24) is 4.98 Å². The quantitative estimate of drug-likeness (QED) is 0.636. The van der Waals surface area contributed by atoms with Crippen molar-refractivity contribution in [3.8, 4) is 0 Å². The van der Waals surface area contributed by atoms with Crippen molar-refractivity contribution in [3.63, 3.8) is 0 Å². The number of hydrogen-bond donors (Lipinski definition) is 0. The van der Waals surface area contributed by atoms with Crippen LogP contribution in [0, 0.1) is 5.82 Å². The van der Waals surface area contributed by atoms with Crippen molar-refractivity contribution >= 4 is 10.9 Å². The van der Waals surface area contributed by atoms with Gasteiger partial charge in [-0.25, -0.2) is 4.39 Å². The first-order valence-corrected chi connectivity index (χ1v) is 5.04. The SMILES string of the molecule is CC(C)(C)c1ccnc2cccc(F)c12. The molecule has 15 heavy (non-hydrogen) atoms. The molecule has 1 heterocycles. The molecule has 2 rings (SSSR count). The number of fused-ring (bicyclic) bond motifs is 1. The van der Waals surface area contributed by atoms with E-state index in [1.807, 2.05) is 12.1 Å². The summed E-state index contributed by atoms with van der Waals surface area (Å²) in [6.45, 7) is 6.23. The summed E-state index contributed by atoms with van der Waals surface area (Å²) < 4.78 is 13.7. The fourth-order valence-electron chi connectivity index (χ4n) is 1.79. The van der Waals surface area contributed by atoms with Crippen LogP contribution in [0.25, 0.3) is 10.9 Å². The standard InChI is InChI=1S/C13H14FN/c1-13(2,3)9-7-8-15-11-6-4-5-10(14)12(9)11/h4-8H,1-3H3. The average Bonchev–Trinajstić information content (AvgIpc) is 2.16. The maximum absolute atomic E-state index is 13.7. The predicted octanol–water partition coefficient (Wildman–Crippen LogP) is 3.67. The molecule has 0 aliphatic heterocycles. The summed E-state index contributed by atoms with van der Waals surface area (Å²) in [5.41, 5.74) is 1.66. The van der Waals surface area contributed by atoms with Crippen molar-refractivity contribution in [2.75, 3.05) is 0 Å². The van der Waals surface area contributed by atoms with Gasteiger partial charge in [0.2, 0.25) is 0 Å². The van der Waals surface area contributed by atoms with Gasteiger partial charge in [0.05, 0.1) is 5.52 Å². The van der Waals surface area contributed by atoms with E-state index in [0.717, 1.165) is 11.1 Å². The van der Waals surface area contributed by atoms with E-state index in [-0.39, 0.29) is 11.2 Å². The Morgan fingerprint density at radius 1 is 1.13 bits per heavy atom. The van der Waals surface area contributed by atoms with Crippen LogP contribution in [-0.4, -0.2) is 4.98 Å². The van der Waals surface area contributed by atoms with Crippen LogP contribution in [-0.2, 0) is 5.41 Å². The minimum Gasteiger partial charge on any atom is -0.256 e. The van der Waals surface area contributed by atoms with Crippen LogP contribution in [0.5, 0.6) is 0 Å². The van der Waals surface area contributed by atoms with E-state index in [2.05, 4.69) is 25.8 Å². The zero-order chi connectivity index (χ0) is 11.1. The highest BCUT2D eigenvalue weighted by Gasteiger charge is 2.18. The molecule has 0 aliphatic carbocycles. The monoisotopic (exact) mass is 203 g/mol. The van der Waals surface area contributed by atoms with Crippen molar-refractivity contribution in [1.29, 1.82) is 0 Å². The Balaban J connectivity index is 2.86. The smallest absolute Gasteiger partial charge is 0.132 e. The van der Waals surface area contributed by atoms with Crippen LogP contribution in [0.15, 0.2) is 30.5 Å². The summed E-state index contributed by atoms with van der Waals surface area (Å²) in [5, 5.41) is 0.646. The highest BCUT2D eigenvalue weighted by atomic mass is 19.1. The van der Waals surface area contributed by atoms with Crippen LogP contribution in [0.1, 0.15) is 26.3 Å². The van der Waals surface area contributed by atoms with Gasteiger partial charge in [-0.2, -0.15) is 0 Å². The summed E-state index contributed by atoms with van der Waals surface area (Å²) >= 11 is 0. The third-order valence-electron chi connectivity index (χ3n) is 2.52. The third-order valence-corrected chi connectivity index (χ3v) is 2.52. The molecule has 0 amide bonds. The Labute approximate surface area is 89.0 Å². The number of nitrogens with zero attached hydrogens (tertiary/aromatic N) is 1. The van der Waals surface area contributed by atoms with Gasteiger partial charge in [0.15, 0.2) is 0 Å². The van der Waals surface area contributed by atoms with Crippen LogP contribution >= 0.6 is 0 Å². The number of halogens is 1. The Morgan fingerprint density at radius 3 is 2.53 bits per heavy atom. The summed E-state index contributed by atoms with van der Waals surface area (Å²) in [7, 11) is 0. The molecule has 0 unspecified atom stereocenters. The summed E-state index contributed by atoms with van der Waals surface area (Å²) in [4.78, 5) is 4.18. The van der Waals surface area contributed by atoms with E-state index >= 15 is 0 Å². The molecule has 0 N–H and O–H groups in total. The Bertz CT molecular complexity index is 492. The first kappa shape index (κ1) is 10.1. The number of aromatic nitrogens is 1. The molecule has 1 aromatic heterocycles. The second-order valence-electron chi connectivity index (χ2n) is 4.74. The summed E-state index contributed by atoms with van der Waals surface area (Å²) in [5.74, 6) is -0.189. The van der Waals surface area contributed by atoms with Crippen molar-refractivity contribution in [2.24, 2.45) is 0 Å². The molecule has 2 heteroatoms. The van der Waals surface area contributed by atoms with E-state index in [1.165, 1.54) is 6.07 Å². The summed E-state index contributed by atoms with van der Waals surface area (Å²) in [6.07, 6.45) is 1.74. The molecule has 1 aromatic carbocycles. The molecule has 0 atom stereocenters. The van der Waals surface area contributed by atoms with E-state index < -0.39 is 0 Å². The molecule has 0 saturated heterocycles. The lowest BCUT2D eigenvalue weighted by Gasteiger charge is -2.21. The van der Waals surface area contributed by atoms with Crippen molar-refractivity contribution in [3.05, 3.63) is 41.8 Å². The van der Waals surface area contributed by atoms with Gasteiger partial charge < -0.3 is 0 Å². The van der Waals surface area contributed by atoms with Crippen LogP contribution in [0.3, 0.4) is 0 Å². The Kier molecular flexibility index (Phi) is 2.22. The maximum atomic E-state index is 13.7. The number of pyridine rings is 1. The van der Waals surface area contributed by atoms with Gasteiger partial charge in [0.25, 0.3) is 0 Å². The molecule has 0 aliphatic rings. The first-order chi connectivity index (χ1) is 7.00. The normalized spacial score (nSPS) is 12.0. The van der Waals surface area contributed by atoms with E-state index in [4.69, 9.17) is 0 Å². The maximum Gasteiger partial charge on any atom is 0.132 e. The fourth-order valence-corrected chi connectivity index (χ4v) is 1.79. The molecular formula is C13H14FN. The van der Waals surface area contributed by atoms with Gasteiger partial charge in [-0.15, -0.1) is 0 Å². The molecular weight excluding hydrogens is 189 g/mol. The van der Waals surface area contributed by atoms with E-state index in [1.54, 1.807) is 12.3 Å². The van der Waals surface area contributed by atoms with Crippen LogP contribution in [0.2, 0.25) is 0 Å². The minimum absolute atomic E-state index is 0.0661. The topological polar surface area (TPSA) is 12.9 Å². The van der Waals surface area contributed by atoms with Gasteiger partial charge >= 0.3 is 0 Å². The zero-order valence-corrected chi connectivity index (χ0v) is 9.21. The number of rotatable bonds is 0. The molecule has 0 fully saturated rings. The van der Waals surface area contributed by atoms with Gasteiger partial charge in [-0.1, -0.05) is 26.8 Å². The molecule has 2 aromatic rings. The minimum atomic E-state index is -0.189. The third kappa shape index (κ3) is 1.72. The summed E-state index contributed by atoms with van der Waals surface area (Å²) in [6, 6.07) is 6.91. The van der Waals surface area contributed by atoms with E-state index in [9.17, 15) is 4.39 Å². The van der Waals surface area contributed by atoms with Crippen molar-refractivity contribution in [2.45, 2.75) is 26.2 Å². The van der Waals surface area contributed by atoms with Crippen molar-refractivity contribution < 1.29 is 4.39 Å². The lowest BCUT2D eigenvalue weighted by atomic mass is 9.85. The van der Waals surface area contributed by atoms with Gasteiger partial charge in [-0.3, -0.25) is 4.98 Å². The number of benzene rings is 1. The highest BCUT2D eigenvalue weighted by Crippen LogP contribution is 2.30. The van der Waals surface area contributed by atoms with Crippen LogP contribution < -0.4 is 0 Å². The van der Waals surface area contributed by atoms with E-state index in [0.29, 0.717) is 5.39 Å². The largest absolute Gasteiger partial charge is 0.256 e. The second-order valence-corrected chi connectivity index (χ2v) is 4.74. The molecule has 1 nitrogen and oxygen atoms in total. The molecule has 78 valence electrons. The Hall–Kier alpha value is -1.44. The van der Waals surface area contributed by atoms with Crippen LogP contribution in [0.4, 0.5) is 4.39 Å². The van der Waals surface area contributed by atoms with Gasteiger partial charge in [0.1, 0.15) is 5.82 Å². The lowest BCUT2D eigenvalue weighted by Crippen LogP contribution is -2.12. The highest BCUT2D eigenvalue weighted by molar-refractivity contribution is 5.83. The Morgan fingerprint density at radius 2 is 1.87 bits per heavy atom. The second kappa shape index (κ2) is 3.30. The molecule has 0 saturated carbocycles. The molecule has 0 bridgehead atoms. The zero-order valence-electron chi connectivity index (χ0n) is 9.21. The first-order valence-electron chi connectivity index (χ1n) is 5.04. The molecule has 0 radical (unpaired) electrons. The molecule has 0 spiro atoms. The predicted molar refractivity (Wildman–Crippen MR) is 60.4 cm³/mol.